The maximum Gasteiger partial charge on any atom is 0.224 e. The highest BCUT2D eigenvalue weighted by molar-refractivity contribution is 14.0. The molecule has 2 heterocycles. The third kappa shape index (κ3) is 6.25. The summed E-state index contributed by atoms with van der Waals surface area (Å²) < 4.78 is 5.55. The van der Waals surface area contributed by atoms with Crippen molar-refractivity contribution in [3.8, 4) is 5.75 Å². The predicted molar refractivity (Wildman–Crippen MR) is 124 cm³/mol. The number of hydrogen-bond donors (Lipinski definition) is 2. The van der Waals surface area contributed by atoms with Gasteiger partial charge in [0.05, 0.1) is 6.61 Å². The number of nitrogens with one attached hydrogen (secondary N) is 2. The van der Waals surface area contributed by atoms with Crippen LogP contribution < -0.4 is 15.4 Å². The number of benzene rings is 1. The lowest BCUT2D eigenvalue weighted by Crippen LogP contribution is -2.44. The van der Waals surface area contributed by atoms with Crippen molar-refractivity contribution in [2.24, 2.45) is 4.99 Å². The summed E-state index contributed by atoms with van der Waals surface area (Å²) in [5, 5.41) is 6.58. The van der Waals surface area contributed by atoms with Gasteiger partial charge in [0, 0.05) is 45.6 Å². The van der Waals surface area contributed by atoms with Gasteiger partial charge >= 0.3 is 0 Å². The van der Waals surface area contributed by atoms with Crippen LogP contribution in [0.4, 0.5) is 0 Å². The van der Waals surface area contributed by atoms with Crippen molar-refractivity contribution in [3.05, 3.63) is 29.3 Å². The fourth-order valence-electron chi connectivity index (χ4n) is 3.84. The Bertz CT molecular complexity index is 680. The third-order valence-corrected chi connectivity index (χ3v) is 5.44. The van der Waals surface area contributed by atoms with Gasteiger partial charge < -0.3 is 20.3 Å². The molecule has 1 saturated heterocycles. The maximum absolute atomic E-state index is 12.4. The lowest BCUT2D eigenvalue weighted by atomic mass is 10.0. The first-order chi connectivity index (χ1) is 13.2. The Balaban J connectivity index is 0.00000280. The summed E-state index contributed by atoms with van der Waals surface area (Å²) in [6, 6.07) is 6.80. The van der Waals surface area contributed by atoms with E-state index in [1.165, 1.54) is 17.5 Å². The SMILES string of the molecule is CN=C(NCCC(=O)N1CCCCC1C)NCCc1ccc2c(c1)CCO2.I. The van der Waals surface area contributed by atoms with Crippen LogP contribution in [-0.4, -0.2) is 56.1 Å². The Morgan fingerprint density at radius 1 is 1.29 bits per heavy atom. The number of carbonyl (C=O) groups excluding carboxylic acids is 1. The van der Waals surface area contributed by atoms with E-state index in [0.717, 1.165) is 57.1 Å². The molecule has 0 saturated carbocycles. The van der Waals surface area contributed by atoms with Crippen molar-refractivity contribution in [2.75, 3.05) is 33.3 Å². The van der Waals surface area contributed by atoms with Gasteiger partial charge in [-0.05, 0) is 49.8 Å². The number of hydrogen-bond acceptors (Lipinski definition) is 3. The molecule has 0 bridgehead atoms. The Morgan fingerprint density at radius 3 is 2.89 bits per heavy atom. The van der Waals surface area contributed by atoms with E-state index in [1.807, 2.05) is 4.90 Å². The lowest BCUT2D eigenvalue weighted by Gasteiger charge is -2.33. The van der Waals surface area contributed by atoms with Crippen LogP contribution in [0, 0.1) is 0 Å². The fourth-order valence-corrected chi connectivity index (χ4v) is 3.84. The second-order valence-corrected chi connectivity index (χ2v) is 7.40. The summed E-state index contributed by atoms with van der Waals surface area (Å²) in [7, 11) is 1.76. The van der Waals surface area contributed by atoms with Gasteiger partial charge in [0.15, 0.2) is 5.96 Å². The number of piperidine rings is 1. The van der Waals surface area contributed by atoms with Gasteiger partial charge in [-0.2, -0.15) is 0 Å². The van der Waals surface area contributed by atoms with E-state index >= 15 is 0 Å². The van der Waals surface area contributed by atoms with Crippen molar-refractivity contribution in [1.82, 2.24) is 15.5 Å². The number of halogens is 1. The molecule has 2 N–H and O–H groups in total. The zero-order valence-corrected chi connectivity index (χ0v) is 19.3. The maximum atomic E-state index is 12.4. The molecule has 0 spiro atoms. The molecule has 2 aliphatic heterocycles. The number of rotatable bonds is 6. The summed E-state index contributed by atoms with van der Waals surface area (Å²) in [6.45, 7) is 5.26. The normalized spacial score (nSPS) is 18.7. The fraction of sp³-hybridized carbons (Fsp3) is 0.619. The summed E-state index contributed by atoms with van der Waals surface area (Å²) in [5.74, 6) is 2.02. The van der Waals surface area contributed by atoms with Gasteiger partial charge in [0.25, 0.3) is 0 Å². The highest BCUT2D eigenvalue weighted by Crippen LogP contribution is 2.25. The van der Waals surface area contributed by atoms with Crippen molar-refractivity contribution < 1.29 is 9.53 Å². The van der Waals surface area contributed by atoms with Crippen molar-refractivity contribution in [2.45, 2.75) is 51.5 Å². The minimum Gasteiger partial charge on any atom is -0.493 e. The van der Waals surface area contributed by atoms with Crippen LogP contribution in [0.15, 0.2) is 23.2 Å². The molecule has 1 aromatic carbocycles. The second kappa shape index (κ2) is 11.5. The van der Waals surface area contributed by atoms with E-state index in [2.05, 4.69) is 40.7 Å². The molecule has 3 rings (SSSR count). The first kappa shape index (κ1) is 22.8. The van der Waals surface area contributed by atoms with E-state index < -0.39 is 0 Å². The molecular weight excluding hydrogens is 467 g/mol. The molecule has 2 aliphatic rings. The number of carbonyl (C=O) groups is 1. The van der Waals surface area contributed by atoms with E-state index in [9.17, 15) is 4.79 Å². The Hall–Kier alpha value is -1.51. The molecule has 1 unspecified atom stereocenters. The van der Waals surface area contributed by atoms with Crippen LogP contribution >= 0.6 is 24.0 Å². The molecule has 0 aromatic heterocycles. The van der Waals surface area contributed by atoms with Gasteiger partial charge in [0.2, 0.25) is 5.91 Å². The van der Waals surface area contributed by atoms with E-state index in [4.69, 9.17) is 4.74 Å². The average Bonchev–Trinajstić information content (AvgIpc) is 3.15. The smallest absolute Gasteiger partial charge is 0.224 e. The van der Waals surface area contributed by atoms with Gasteiger partial charge in [-0.25, -0.2) is 0 Å². The highest BCUT2D eigenvalue weighted by Gasteiger charge is 2.22. The first-order valence-corrected chi connectivity index (χ1v) is 10.2. The molecular formula is C21H33IN4O2. The minimum absolute atomic E-state index is 0. The van der Waals surface area contributed by atoms with Gasteiger partial charge in [0.1, 0.15) is 5.75 Å². The molecule has 6 nitrogen and oxygen atoms in total. The Morgan fingerprint density at radius 2 is 2.11 bits per heavy atom. The summed E-state index contributed by atoms with van der Waals surface area (Å²) >= 11 is 0. The number of amides is 1. The molecule has 0 aliphatic carbocycles. The second-order valence-electron chi connectivity index (χ2n) is 7.40. The van der Waals surface area contributed by atoms with Crippen molar-refractivity contribution >= 4 is 35.8 Å². The number of fused-ring (bicyclic) bond motifs is 1. The van der Waals surface area contributed by atoms with Gasteiger partial charge in [-0.15, -0.1) is 24.0 Å². The van der Waals surface area contributed by atoms with Crippen LogP contribution in [0.3, 0.4) is 0 Å². The quantitative estimate of drug-likeness (QED) is 0.358. The summed E-state index contributed by atoms with van der Waals surface area (Å²) in [4.78, 5) is 18.7. The Kier molecular flexibility index (Phi) is 9.34. The largest absolute Gasteiger partial charge is 0.493 e. The molecule has 156 valence electrons. The number of ether oxygens (including phenoxy) is 1. The van der Waals surface area contributed by atoms with Crippen LogP contribution in [0.25, 0.3) is 0 Å². The molecule has 1 aromatic rings. The molecule has 0 radical (unpaired) electrons. The summed E-state index contributed by atoms with van der Waals surface area (Å²) in [5.41, 5.74) is 2.61. The zero-order valence-electron chi connectivity index (χ0n) is 17.0. The Labute approximate surface area is 185 Å². The monoisotopic (exact) mass is 500 g/mol. The minimum atomic E-state index is 0. The molecule has 28 heavy (non-hydrogen) atoms. The molecule has 1 amide bonds. The first-order valence-electron chi connectivity index (χ1n) is 10.2. The van der Waals surface area contributed by atoms with Crippen LogP contribution in [0.2, 0.25) is 0 Å². The topological polar surface area (TPSA) is 66.0 Å². The number of aliphatic imine (C=N–C) groups is 1. The average molecular weight is 500 g/mol. The van der Waals surface area contributed by atoms with Crippen molar-refractivity contribution in [3.63, 3.8) is 0 Å². The highest BCUT2D eigenvalue weighted by atomic mass is 127. The molecule has 1 atom stereocenters. The van der Waals surface area contributed by atoms with Gasteiger partial charge in [-0.3, -0.25) is 9.79 Å². The van der Waals surface area contributed by atoms with Crippen molar-refractivity contribution in [1.29, 1.82) is 0 Å². The number of guanidine groups is 1. The van der Waals surface area contributed by atoms with Crippen LogP contribution in [0.5, 0.6) is 5.75 Å². The van der Waals surface area contributed by atoms with E-state index in [1.54, 1.807) is 7.05 Å². The lowest BCUT2D eigenvalue weighted by molar-refractivity contribution is -0.134. The number of likely N-dealkylation sites (tertiary alicyclic amines) is 1. The zero-order chi connectivity index (χ0) is 19.1. The predicted octanol–water partition coefficient (Wildman–Crippen LogP) is 2.74. The van der Waals surface area contributed by atoms with Gasteiger partial charge in [-0.1, -0.05) is 12.1 Å². The summed E-state index contributed by atoms with van der Waals surface area (Å²) in [6.07, 6.45) is 5.92. The number of nitrogens with zero attached hydrogens (tertiary/aromatic N) is 2. The van der Waals surface area contributed by atoms with Crippen LogP contribution in [-0.2, 0) is 17.6 Å². The van der Waals surface area contributed by atoms with Crippen LogP contribution in [0.1, 0.15) is 43.7 Å². The molecule has 7 heteroatoms. The molecule has 1 fully saturated rings. The van der Waals surface area contributed by atoms with E-state index in [-0.39, 0.29) is 29.9 Å². The standard InChI is InChI=1S/C21H32N4O2.HI/c1-16-5-3-4-13-25(16)20(26)9-12-24-21(22-2)23-11-8-17-6-7-19-18(15-17)10-14-27-19;/h6-7,15-16H,3-5,8-14H2,1-2H3,(H2,22,23,24);1H. The van der Waals surface area contributed by atoms with E-state index in [0.29, 0.717) is 19.0 Å². The third-order valence-electron chi connectivity index (χ3n) is 5.44.